The quantitative estimate of drug-likeness (QED) is 0.634. The maximum Gasteiger partial charge on any atom is 0.229 e. The zero-order chi connectivity index (χ0) is 20.5. The van der Waals surface area contributed by atoms with Crippen LogP contribution in [-0.2, 0) is 6.54 Å². The average molecular weight is 397 g/mol. The molecular formula is C22H28FN5O. The molecule has 0 spiro atoms. The molecule has 0 aliphatic carbocycles. The van der Waals surface area contributed by atoms with Crippen LogP contribution in [0.5, 0.6) is 0 Å². The molecule has 2 aromatic heterocycles. The molecule has 0 radical (unpaired) electrons. The van der Waals surface area contributed by atoms with Crippen molar-refractivity contribution < 1.29 is 8.91 Å². The highest BCUT2D eigenvalue weighted by atomic mass is 19.1. The summed E-state index contributed by atoms with van der Waals surface area (Å²) in [5, 5.41) is 8.67. The Kier molecular flexibility index (Phi) is 5.50. The molecule has 4 rings (SSSR count). The number of hydrogen-bond donors (Lipinski definition) is 0. The molecule has 0 N–H and O–H groups in total. The number of piperidine rings is 1. The summed E-state index contributed by atoms with van der Waals surface area (Å²) >= 11 is 0. The largest absolute Gasteiger partial charge is 0.339 e. The van der Waals surface area contributed by atoms with Crippen LogP contribution in [-0.4, -0.2) is 37.9 Å². The number of benzene rings is 1. The molecule has 154 valence electrons. The van der Waals surface area contributed by atoms with Gasteiger partial charge in [0.25, 0.3) is 0 Å². The van der Waals surface area contributed by atoms with Crippen molar-refractivity contribution in [3.63, 3.8) is 0 Å². The third kappa shape index (κ3) is 4.24. The van der Waals surface area contributed by atoms with E-state index in [2.05, 4.69) is 34.0 Å². The van der Waals surface area contributed by atoms with E-state index in [1.165, 1.54) is 6.07 Å². The molecule has 1 aliphatic rings. The molecule has 0 unspecified atom stereocenters. The van der Waals surface area contributed by atoms with Crippen molar-refractivity contribution in [1.82, 2.24) is 24.8 Å². The highest BCUT2D eigenvalue weighted by molar-refractivity contribution is 5.42. The normalized spacial score (nSPS) is 16.1. The summed E-state index contributed by atoms with van der Waals surface area (Å²) in [5.41, 5.74) is 3.90. The number of likely N-dealkylation sites (tertiary alicyclic amines) is 1. The Balaban J connectivity index is 1.47. The standard InChI is InChI=1S/C22H28FN5O/c1-14(2)21-24-22(29-26-21)17-7-9-27(10-8-17)13-18-12-19(23)5-6-20(18)28-16(4)11-15(3)25-28/h5-6,11-12,14,17H,7-10,13H2,1-4H3. The lowest BCUT2D eigenvalue weighted by Crippen LogP contribution is -2.33. The zero-order valence-corrected chi connectivity index (χ0v) is 17.5. The lowest BCUT2D eigenvalue weighted by molar-refractivity contribution is 0.187. The van der Waals surface area contributed by atoms with E-state index in [-0.39, 0.29) is 11.7 Å². The fourth-order valence-electron chi connectivity index (χ4n) is 3.99. The summed E-state index contributed by atoms with van der Waals surface area (Å²) in [6, 6.07) is 6.99. The van der Waals surface area contributed by atoms with Gasteiger partial charge in [0, 0.05) is 24.1 Å². The number of halogens is 1. The summed E-state index contributed by atoms with van der Waals surface area (Å²) < 4.78 is 21.4. The van der Waals surface area contributed by atoms with Crippen LogP contribution in [0.25, 0.3) is 5.69 Å². The van der Waals surface area contributed by atoms with E-state index in [0.29, 0.717) is 12.5 Å². The minimum atomic E-state index is -0.216. The summed E-state index contributed by atoms with van der Waals surface area (Å²) in [6.07, 6.45) is 1.93. The van der Waals surface area contributed by atoms with Crippen LogP contribution in [0.1, 0.15) is 67.2 Å². The first-order valence-electron chi connectivity index (χ1n) is 10.3. The summed E-state index contributed by atoms with van der Waals surface area (Å²) in [5.74, 6) is 1.88. The van der Waals surface area contributed by atoms with Gasteiger partial charge in [0.2, 0.25) is 5.89 Å². The van der Waals surface area contributed by atoms with Gasteiger partial charge in [-0.15, -0.1) is 0 Å². The van der Waals surface area contributed by atoms with Crippen LogP contribution in [0, 0.1) is 19.7 Å². The first-order chi connectivity index (χ1) is 13.9. The lowest BCUT2D eigenvalue weighted by atomic mass is 9.96. The van der Waals surface area contributed by atoms with Gasteiger partial charge in [-0.25, -0.2) is 9.07 Å². The molecule has 1 aliphatic heterocycles. The van der Waals surface area contributed by atoms with E-state index in [1.807, 2.05) is 30.7 Å². The monoisotopic (exact) mass is 397 g/mol. The van der Waals surface area contributed by atoms with Crippen LogP contribution < -0.4 is 0 Å². The van der Waals surface area contributed by atoms with Gasteiger partial charge in [-0.2, -0.15) is 10.1 Å². The Bertz CT molecular complexity index is 985. The number of aromatic nitrogens is 4. The second-order valence-corrected chi connectivity index (χ2v) is 8.31. The van der Waals surface area contributed by atoms with Crippen molar-refractivity contribution in [2.75, 3.05) is 13.1 Å². The van der Waals surface area contributed by atoms with Gasteiger partial charge in [0.1, 0.15) is 5.82 Å². The third-order valence-electron chi connectivity index (χ3n) is 5.58. The van der Waals surface area contributed by atoms with Gasteiger partial charge < -0.3 is 4.52 Å². The fourth-order valence-corrected chi connectivity index (χ4v) is 3.99. The maximum atomic E-state index is 14.0. The van der Waals surface area contributed by atoms with Crippen LogP contribution in [0.15, 0.2) is 28.8 Å². The Hall–Kier alpha value is -2.54. The highest BCUT2D eigenvalue weighted by Gasteiger charge is 2.26. The van der Waals surface area contributed by atoms with Crippen LogP contribution in [0.3, 0.4) is 0 Å². The molecule has 1 fully saturated rings. The SMILES string of the molecule is Cc1cc(C)n(-c2ccc(F)cc2CN2CCC(c3nc(C(C)C)no3)CC2)n1. The first-order valence-corrected chi connectivity index (χ1v) is 10.3. The number of hydrogen-bond acceptors (Lipinski definition) is 5. The van der Waals surface area contributed by atoms with Gasteiger partial charge in [0.05, 0.1) is 11.4 Å². The second kappa shape index (κ2) is 8.06. The van der Waals surface area contributed by atoms with E-state index in [0.717, 1.165) is 60.3 Å². The van der Waals surface area contributed by atoms with E-state index < -0.39 is 0 Å². The number of rotatable bonds is 5. The lowest BCUT2D eigenvalue weighted by Gasteiger charge is -2.30. The predicted octanol–water partition coefficient (Wildman–Crippen LogP) is 4.51. The average Bonchev–Trinajstić information content (AvgIpc) is 3.29. The Morgan fingerprint density at radius 2 is 1.93 bits per heavy atom. The van der Waals surface area contributed by atoms with Crippen LogP contribution in [0.2, 0.25) is 0 Å². The third-order valence-corrected chi connectivity index (χ3v) is 5.58. The molecule has 0 amide bonds. The van der Waals surface area contributed by atoms with Crippen molar-refractivity contribution in [1.29, 1.82) is 0 Å². The van der Waals surface area contributed by atoms with Crippen LogP contribution in [0.4, 0.5) is 4.39 Å². The first kappa shape index (κ1) is 19.8. The smallest absolute Gasteiger partial charge is 0.229 e. The zero-order valence-electron chi connectivity index (χ0n) is 17.5. The molecule has 1 aromatic carbocycles. The van der Waals surface area contributed by atoms with Crippen molar-refractivity contribution in [3.8, 4) is 5.69 Å². The van der Waals surface area contributed by atoms with Crippen LogP contribution >= 0.6 is 0 Å². The minimum absolute atomic E-state index is 0.216. The fraction of sp³-hybridized carbons (Fsp3) is 0.500. The van der Waals surface area contributed by atoms with E-state index >= 15 is 0 Å². The van der Waals surface area contributed by atoms with Crippen molar-refractivity contribution >= 4 is 0 Å². The number of aryl methyl sites for hydroxylation is 2. The predicted molar refractivity (Wildman–Crippen MR) is 109 cm³/mol. The molecular weight excluding hydrogens is 369 g/mol. The van der Waals surface area contributed by atoms with Gasteiger partial charge in [-0.3, -0.25) is 4.90 Å². The summed E-state index contributed by atoms with van der Waals surface area (Å²) in [6.45, 7) is 10.6. The molecule has 0 atom stereocenters. The molecule has 7 heteroatoms. The van der Waals surface area contributed by atoms with Crippen molar-refractivity contribution in [3.05, 3.63) is 58.7 Å². The number of nitrogens with zero attached hydrogens (tertiary/aromatic N) is 5. The van der Waals surface area contributed by atoms with Gasteiger partial charge in [-0.05, 0) is 69.6 Å². The van der Waals surface area contributed by atoms with E-state index in [4.69, 9.17) is 4.52 Å². The van der Waals surface area contributed by atoms with Crippen molar-refractivity contribution in [2.24, 2.45) is 0 Å². The summed E-state index contributed by atoms with van der Waals surface area (Å²) in [4.78, 5) is 6.92. The molecule has 1 saturated heterocycles. The van der Waals surface area contributed by atoms with Gasteiger partial charge >= 0.3 is 0 Å². The van der Waals surface area contributed by atoms with E-state index in [9.17, 15) is 4.39 Å². The topological polar surface area (TPSA) is 60.0 Å². The Morgan fingerprint density at radius 1 is 1.17 bits per heavy atom. The molecule has 3 aromatic rings. The Labute approximate surface area is 170 Å². The summed E-state index contributed by atoms with van der Waals surface area (Å²) in [7, 11) is 0. The van der Waals surface area contributed by atoms with E-state index in [1.54, 1.807) is 6.07 Å². The molecule has 6 nitrogen and oxygen atoms in total. The molecule has 3 heterocycles. The highest BCUT2D eigenvalue weighted by Crippen LogP contribution is 2.29. The molecule has 0 bridgehead atoms. The molecule has 0 saturated carbocycles. The molecule has 29 heavy (non-hydrogen) atoms. The second-order valence-electron chi connectivity index (χ2n) is 8.31. The van der Waals surface area contributed by atoms with Gasteiger partial charge in [0.15, 0.2) is 5.82 Å². The van der Waals surface area contributed by atoms with Gasteiger partial charge in [-0.1, -0.05) is 19.0 Å². The van der Waals surface area contributed by atoms with Crippen molar-refractivity contribution in [2.45, 2.75) is 58.9 Å². The minimum Gasteiger partial charge on any atom is -0.339 e. The Morgan fingerprint density at radius 3 is 2.55 bits per heavy atom. The maximum absolute atomic E-state index is 14.0.